The molecule has 1 aromatic rings. The van der Waals surface area contributed by atoms with Crippen LogP contribution in [0.2, 0.25) is 5.02 Å². The second-order valence-electron chi connectivity index (χ2n) is 3.69. The Bertz CT molecular complexity index is 452. The van der Waals surface area contributed by atoms with Gasteiger partial charge >= 0.3 is 5.97 Å². The predicted octanol–water partition coefficient (Wildman–Crippen LogP) is 0.671. The standard InChI is InChI=1S/C12H14ClNO5/c13-8-3-1-2-4-10(8)19-6-5-11(16)14-7-9(15)12(17)18/h1-4,9,15H,5-7H2,(H,14,16)(H,17,18)/t9-/m0/s1. The van der Waals surface area contributed by atoms with Crippen molar-refractivity contribution < 1.29 is 24.5 Å². The Morgan fingerprint density at radius 3 is 2.68 bits per heavy atom. The fourth-order valence-corrected chi connectivity index (χ4v) is 1.39. The number of carbonyl (C=O) groups excluding carboxylic acids is 1. The van der Waals surface area contributed by atoms with E-state index in [-0.39, 0.29) is 19.6 Å². The molecule has 0 heterocycles. The number of amides is 1. The molecule has 0 aliphatic carbocycles. The number of rotatable bonds is 7. The van der Waals surface area contributed by atoms with E-state index in [0.717, 1.165) is 0 Å². The van der Waals surface area contributed by atoms with E-state index >= 15 is 0 Å². The van der Waals surface area contributed by atoms with Crippen LogP contribution in [0.4, 0.5) is 0 Å². The van der Waals surface area contributed by atoms with Gasteiger partial charge in [-0.1, -0.05) is 23.7 Å². The number of ether oxygens (including phenoxy) is 1. The first-order valence-corrected chi connectivity index (χ1v) is 5.93. The summed E-state index contributed by atoms with van der Waals surface area (Å²) in [5.41, 5.74) is 0. The molecular weight excluding hydrogens is 274 g/mol. The number of aliphatic hydroxyl groups excluding tert-OH is 1. The summed E-state index contributed by atoms with van der Waals surface area (Å²) >= 11 is 5.85. The molecule has 19 heavy (non-hydrogen) atoms. The van der Waals surface area contributed by atoms with Crippen LogP contribution in [0.15, 0.2) is 24.3 Å². The van der Waals surface area contributed by atoms with Crippen molar-refractivity contribution in [2.75, 3.05) is 13.2 Å². The summed E-state index contributed by atoms with van der Waals surface area (Å²) in [6.45, 7) is -0.223. The van der Waals surface area contributed by atoms with Gasteiger partial charge in [0.05, 0.1) is 24.6 Å². The molecule has 1 aromatic carbocycles. The lowest BCUT2D eigenvalue weighted by molar-refractivity contribution is -0.146. The van der Waals surface area contributed by atoms with Crippen LogP contribution >= 0.6 is 11.6 Å². The summed E-state index contributed by atoms with van der Waals surface area (Å²) in [5, 5.41) is 20.1. The number of carboxylic acid groups (broad SMARTS) is 1. The van der Waals surface area contributed by atoms with Crippen LogP contribution in [0.25, 0.3) is 0 Å². The number of halogens is 1. The van der Waals surface area contributed by atoms with E-state index in [0.29, 0.717) is 10.8 Å². The number of carbonyl (C=O) groups is 2. The van der Waals surface area contributed by atoms with Crippen LogP contribution in [0.3, 0.4) is 0 Å². The number of carboxylic acids is 1. The van der Waals surface area contributed by atoms with E-state index in [1.165, 1.54) is 0 Å². The molecule has 7 heteroatoms. The van der Waals surface area contributed by atoms with Gasteiger partial charge in [-0.2, -0.15) is 0 Å². The molecule has 104 valence electrons. The van der Waals surface area contributed by atoms with Gasteiger partial charge in [-0.15, -0.1) is 0 Å². The summed E-state index contributed by atoms with van der Waals surface area (Å²) < 4.78 is 5.29. The minimum atomic E-state index is -1.60. The molecule has 1 rings (SSSR count). The minimum absolute atomic E-state index is 0.0392. The zero-order valence-electron chi connectivity index (χ0n) is 10.0. The highest BCUT2D eigenvalue weighted by Crippen LogP contribution is 2.22. The largest absolute Gasteiger partial charge is 0.491 e. The smallest absolute Gasteiger partial charge is 0.334 e. The van der Waals surface area contributed by atoms with E-state index in [4.69, 9.17) is 26.6 Å². The lowest BCUT2D eigenvalue weighted by atomic mass is 10.3. The topological polar surface area (TPSA) is 95.9 Å². The summed E-state index contributed by atoms with van der Waals surface area (Å²) in [6.07, 6.45) is -1.56. The van der Waals surface area contributed by atoms with Gasteiger partial charge in [-0.3, -0.25) is 4.79 Å². The molecular formula is C12H14ClNO5. The maximum absolute atomic E-state index is 11.3. The minimum Gasteiger partial charge on any atom is -0.491 e. The molecule has 0 spiro atoms. The molecule has 0 bridgehead atoms. The third-order valence-corrected chi connectivity index (χ3v) is 2.51. The number of nitrogens with one attached hydrogen (secondary N) is 1. The van der Waals surface area contributed by atoms with E-state index in [1.54, 1.807) is 24.3 Å². The molecule has 0 saturated carbocycles. The molecule has 0 aliphatic rings. The highest BCUT2D eigenvalue weighted by Gasteiger charge is 2.13. The van der Waals surface area contributed by atoms with Crippen molar-refractivity contribution in [2.45, 2.75) is 12.5 Å². The fraction of sp³-hybridized carbons (Fsp3) is 0.333. The van der Waals surface area contributed by atoms with Crippen molar-refractivity contribution >= 4 is 23.5 Å². The van der Waals surface area contributed by atoms with Crippen LogP contribution in [0.1, 0.15) is 6.42 Å². The van der Waals surface area contributed by atoms with Crippen molar-refractivity contribution in [3.8, 4) is 5.75 Å². The molecule has 0 radical (unpaired) electrons. The molecule has 6 nitrogen and oxygen atoms in total. The van der Waals surface area contributed by atoms with Gasteiger partial charge in [0.25, 0.3) is 0 Å². The maximum atomic E-state index is 11.3. The molecule has 1 amide bonds. The maximum Gasteiger partial charge on any atom is 0.334 e. The van der Waals surface area contributed by atoms with Gasteiger partial charge in [0, 0.05) is 0 Å². The fourth-order valence-electron chi connectivity index (χ4n) is 1.20. The van der Waals surface area contributed by atoms with E-state index in [2.05, 4.69) is 5.32 Å². The molecule has 0 aromatic heterocycles. The molecule has 3 N–H and O–H groups in total. The van der Waals surface area contributed by atoms with Crippen molar-refractivity contribution in [1.82, 2.24) is 5.32 Å². The van der Waals surface area contributed by atoms with Gasteiger partial charge in [0.15, 0.2) is 6.10 Å². The summed E-state index contributed by atoms with van der Waals surface area (Å²) in [4.78, 5) is 21.6. The van der Waals surface area contributed by atoms with E-state index in [9.17, 15) is 9.59 Å². The Morgan fingerprint density at radius 1 is 1.37 bits per heavy atom. The van der Waals surface area contributed by atoms with Crippen molar-refractivity contribution in [2.24, 2.45) is 0 Å². The number of hydrogen-bond acceptors (Lipinski definition) is 4. The zero-order chi connectivity index (χ0) is 14.3. The summed E-state index contributed by atoms with van der Waals surface area (Å²) in [5.74, 6) is -1.32. The van der Waals surface area contributed by atoms with Crippen LogP contribution in [0.5, 0.6) is 5.75 Å². The zero-order valence-corrected chi connectivity index (χ0v) is 10.8. The first kappa shape index (κ1) is 15.3. The Kier molecular flexibility index (Phi) is 6.11. The Morgan fingerprint density at radius 2 is 2.05 bits per heavy atom. The Labute approximate surface area is 114 Å². The number of hydrogen-bond donors (Lipinski definition) is 3. The number of benzene rings is 1. The predicted molar refractivity (Wildman–Crippen MR) is 68.2 cm³/mol. The number of para-hydroxylation sites is 1. The van der Waals surface area contributed by atoms with Crippen LogP contribution < -0.4 is 10.1 Å². The Balaban J connectivity index is 2.24. The van der Waals surface area contributed by atoms with Gasteiger partial charge in [0.2, 0.25) is 5.91 Å². The number of aliphatic carboxylic acids is 1. The highest BCUT2D eigenvalue weighted by atomic mass is 35.5. The summed E-state index contributed by atoms with van der Waals surface area (Å²) in [7, 11) is 0. The van der Waals surface area contributed by atoms with Crippen molar-refractivity contribution in [3.05, 3.63) is 29.3 Å². The highest BCUT2D eigenvalue weighted by molar-refractivity contribution is 6.32. The SMILES string of the molecule is O=C(CCOc1ccccc1Cl)NC[C@H](O)C(=O)O. The molecule has 0 aliphatic heterocycles. The van der Waals surface area contributed by atoms with Crippen LogP contribution in [-0.2, 0) is 9.59 Å². The summed E-state index contributed by atoms with van der Waals surface area (Å²) in [6, 6.07) is 6.86. The van der Waals surface area contributed by atoms with Crippen molar-refractivity contribution in [3.63, 3.8) is 0 Å². The van der Waals surface area contributed by atoms with E-state index in [1.807, 2.05) is 0 Å². The quantitative estimate of drug-likeness (QED) is 0.685. The molecule has 0 fully saturated rings. The third kappa shape index (κ3) is 5.58. The first-order valence-electron chi connectivity index (χ1n) is 5.55. The van der Waals surface area contributed by atoms with Crippen LogP contribution in [0, 0.1) is 0 Å². The lowest BCUT2D eigenvalue weighted by Gasteiger charge is -2.09. The second kappa shape index (κ2) is 7.60. The molecule has 0 saturated heterocycles. The average molecular weight is 288 g/mol. The second-order valence-corrected chi connectivity index (χ2v) is 4.09. The van der Waals surface area contributed by atoms with Gasteiger partial charge in [-0.25, -0.2) is 4.79 Å². The van der Waals surface area contributed by atoms with Gasteiger partial charge in [0.1, 0.15) is 5.75 Å². The third-order valence-electron chi connectivity index (χ3n) is 2.20. The number of aliphatic hydroxyl groups is 1. The molecule has 0 unspecified atom stereocenters. The Hall–Kier alpha value is -1.79. The first-order chi connectivity index (χ1) is 9.00. The lowest BCUT2D eigenvalue weighted by Crippen LogP contribution is -2.36. The van der Waals surface area contributed by atoms with E-state index < -0.39 is 18.0 Å². The normalized spacial score (nSPS) is 11.7. The van der Waals surface area contributed by atoms with Gasteiger partial charge < -0.3 is 20.3 Å². The molecule has 1 atom stereocenters. The van der Waals surface area contributed by atoms with Gasteiger partial charge in [-0.05, 0) is 12.1 Å². The monoisotopic (exact) mass is 287 g/mol. The van der Waals surface area contributed by atoms with Crippen molar-refractivity contribution in [1.29, 1.82) is 0 Å². The average Bonchev–Trinajstić information content (AvgIpc) is 2.38. The van der Waals surface area contributed by atoms with Crippen LogP contribution in [-0.4, -0.2) is 41.3 Å².